The summed E-state index contributed by atoms with van der Waals surface area (Å²) < 4.78 is 21.0. The van der Waals surface area contributed by atoms with Gasteiger partial charge in [-0.15, -0.1) is 10.2 Å². The molecule has 0 radical (unpaired) electrons. The van der Waals surface area contributed by atoms with E-state index in [0.717, 1.165) is 11.1 Å². The largest absolute Gasteiger partial charge is 0.383 e. The predicted octanol–water partition coefficient (Wildman–Crippen LogP) is 3.16. The van der Waals surface area contributed by atoms with Crippen LogP contribution in [0.15, 0.2) is 47.9 Å². The van der Waals surface area contributed by atoms with Crippen LogP contribution in [0.2, 0.25) is 0 Å². The lowest BCUT2D eigenvalue weighted by Gasteiger charge is -2.10. The Labute approximate surface area is 166 Å². The molecule has 0 aliphatic carbocycles. The van der Waals surface area contributed by atoms with Crippen molar-refractivity contribution in [1.29, 1.82) is 0 Å². The molecule has 0 saturated heterocycles. The number of carbonyl (C=O) groups excluding carboxylic acids is 1. The molecule has 1 N–H and O–H groups in total. The number of thioether (sulfide) groups is 1. The van der Waals surface area contributed by atoms with E-state index >= 15 is 0 Å². The lowest BCUT2D eigenvalue weighted by Crippen LogP contribution is -2.16. The number of aryl methyl sites for hydroxylation is 1. The van der Waals surface area contributed by atoms with Gasteiger partial charge in [0.05, 0.1) is 24.6 Å². The summed E-state index contributed by atoms with van der Waals surface area (Å²) in [5.41, 5.74) is 1.82. The topological polar surface area (TPSA) is 81.9 Å². The first-order chi connectivity index (χ1) is 13.6. The number of pyridine rings is 1. The number of rotatable bonds is 8. The molecule has 7 nitrogen and oxygen atoms in total. The lowest BCUT2D eigenvalue weighted by molar-refractivity contribution is -0.113. The highest BCUT2D eigenvalue weighted by atomic mass is 32.2. The second-order valence-corrected chi connectivity index (χ2v) is 6.95. The molecule has 1 aromatic carbocycles. The summed E-state index contributed by atoms with van der Waals surface area (Å²) in [6.45, 7) is 2.81. The van der Waals surface area contributed by atoms with Crippen LogP contribution in [-0.2, 0) is 16.1 Å². The van der Waals surface area contributed by atoms with E-state index in [4.69, 9.17) is 4.74 Å². The molecule has 0 unspecified atom stereocenters. The molecule has 0 aliphatic heterocycles. The smallest absolute Gasteiger partial charge is 0.234 e. The van der Waals surface area contributed by atoms with Crippen LogP contribution >= 0.6 is 11.8 Å². The van der Waals surface area contributed by atoms with E-state index in [2.05, 4.69) is 20.5 Å². The first kappa shape index (κ1) is 20.0. The zero-order valence-electron chi connectivity index (χ0n) is 15.6. The lowest BCUT2D eigenvalue weighted by atomic mass is 10.2. The molecule has 0 aliphatic rings. The molecule has 0 spiro atoms. The minimum atomic E-state index is -0.457. The molecule has 0 bridgehead atoms. The molecule has 146 valence electrons. The van der Waals surface area contributed by atoms with Crippen LogP contribution < -0.4 is 5.32 Å². The Bertz CT molecular complexity index is 949. The van der Waals surface area contributed by atoms with Crippen molar-refractivity contribution in [3.05, 3.63) is 54.1 Å². The van der Waals surface area contributed by atoms with E-state index in [1.54, 1.807) is 38.6 Å². The number of methoxy groups -OCH3 is 1. The standard InChI is InChI=1S/C19H20FN5O2S/c1-13-3-4-16(15(20)11-13)22-17(26)12-28-19-24-23-18(25(19)9-10-27-2)14-5-7-21-8-6-14/h3-8,11H,9-10,12H2,1-2H3,(H,22,26). The van der Waals surface area contributed by atoms with Crippen molar-refractivity contribution < 1.29 is 13.9 Å². The Morgan fingerprint density at radius 2 is 2.04 bits per heavy atom. The van der Waals surface area contributed by atoms with Crippen molar-refractivity contribution in [3.63, 3.8) is 0 Å². The SMILES string of the molecule is COCCn1c(SCC(=O)Nc2ccc(C)cc2F)nnc1-c1ccncc1. The average Bonchev–Trinajstić information content (AvgIpc) is 3.10. The molecule has 2 aromatic heterocycles. The number of hydrogen-bond donors (Lipinski definition) is 1. The van der Waals surface area contributed by atoms with Gasteiger partial charge in [-0.2, -0.15) is 0 Å². The van der Waals surface area contributed by atoms with Crippen LogP contribution in [0.1, 0.15) is 5.56 Å². The molecular formula is C19H20FN5O2S. The number of nitrogens with zero attached hydrogens (tertiary/aromatic N) is 4. The van der Waals surface area contributed by atoms with Crippen LogP contribution in [0.4, 0.5) is 10.1 Å². The molecule has 9 heteroatoms. The third-order valence-corrected chi connectivity index (χ3v) is 4.87. The molecule has 0 atom stereocenters. The van der Waals surface area contributed by atoms with E-state index in [9.17, 15) is 9.18 Å². The second kappa shape index (κ2) is 9.43. The highest BCUT2D eigenvalue weighted by molar-refractivity contribution is 7.99. The van der Waals surface area contributed by atoms with Gasteiger partial charge in [-0.05, 0) is 36.8 Å². The fourth-order valence-electron chi connectivity index (χ4n) is 2.53. The summed E-state index contributed by atoms with van der Waals surface area (Å²) in [7, 11) is 1.62. The van der Waals surface area contributed by atoms with Gasteiger partial charge >= 0.3 is 0 Å². The number of halogens is 1. The van der Waals surface area contributed by atoms with Gasteiger partial charge < -0.3 is 10.1 Å². The quantitative estimate of drug-likeness (QED) is 0.584. The van der Waals surface area contributed by atoms with Gasteiger partial charge in [0.15, 0.2) is 11.0 Å². The molecule has 3 aromatic rings. The minimum Gasteiger partial charge on any atom is -0.383 e. The van der Waals surface area contributed by atoms with Gasteiger partial charge in [0.2, 0.25) is 5.91 Å². The third kappa shape index (κ3) is 4.93. The highest BCUT2D eigenvalue weighted by Crippen LogP contribution is 2.24. The number of amides is 1. The molecule has 0 saturated carbocycles. The summed E-state index contributed by atoms with van der Waals surface area (Å²) in [5.74, 6) is -0.0255. The number of ether oxygens (including phenoxy) is 1. The van der Waals surface area contributed by atoms with Crippen molar-refractivity contribution in [2.45, 2.75) is 18.6 Å². The van der Waals surface area contributed by atoms with Gasteiger partial charge in [-0.25, -0.2) is 4.39 Å². The zero-order valence-corrected chi connectivity index (χ0v) is 16.4. The summed E-state index contributed by atoms with van der Waals surface area (Å²) >= 11 is 1.23. The van der Waals surface area contributed by atoms with Crippen LogP contribution in [0, 0.1) is 12.7 Å². The Hall–Kier alpha value is -2.78. The molecular weight excluding hydrogens is 381 g/mol. The zero-order chi connectivity index (χ0) is 19.9. The predicted molar refractivity (Wildman–Crippen MR) is 106 cm³/mol. The summed E-state index contributed by atoms with van der Waals surface area (Å²) in [4.78, 5) is 16.2. The van der Waals surface area contributed by atoms with Gasteiger partial charge in [0.1, 0.15) is 5.82 Å². The minimum absolute atomic E-state index is 0.0782. The van der Waals surface area contributed by atoms with Gasteiger partial charge in [-0.3, -0.25) is 14.3 Å². The first-order valence-corrected chi connectivity index (χ1v) is 9.58. The maximum atomic E-state index is 13.9. The monoisotopic (exact) mass is 401 g/mol. The molecule has 2 heterocycles. The summed E-state index contributed by atoms with van der Waals surface area (Å²) in [6, 6.07) is 8.36. The fraction of sp³-hybridized carbons (Fsp3) is 0.263. The van der Waals surface area contributed by atoms with E-state index in [1.807, 2.05) is 16.7 Å². The van der Waals surface area contributed by atoms with Gasteiger partial charge in [-0.1, -0.05) is 17.8 Å². The van der Waals surface area contributed by atoms with E-state index in [1.165, 1.54) is 17.8 Å². The van der Waals surface area contributed by atoms with Gasteiger partial charge in [0.25, 0.3) is 0 Å². The summed E-state index contributed by atoms with van der Waals surface area (Å²) in [5, 5.41) is 11.6. The summed E-state index contributed by atoms with van der Waals surface area (Å²) in [6.07, 6.45) is 3.36. The van der Waals surface area contributed by atoms with E-state index in [0.29, 0.717) is 24.1 Å². The maximum absolute atomic E-state index is 13.9. The molecule has 1 amide bonds. The highest BCUT2D eigenvalue weighted by Gasteiger charge is 2.16. The maximum Gasteiger partial charge on any atom is 0.234 e. The molecule has 0 fully saturated rings. The van der Waals surface area contributed by atoms with E-state index in [-0.39, 0.29) is 17.3 Å². The Morgan fingerprint density at radius 3 is 2.75 bits per heavy atom. The molecule has 28 heavy (non-hydrogen) atoms. The number of hydrogen-bond acceptors (Lipinski definition) is 6. The molecule has 3 rings (SSSR count). The Balaban J connectivity index is 1.71. The van der Waals surface area contributed by atoms with Crippen molar-refractivity contribution >= 4 is 23.4 Å². The number of aromatic nitrogens is 4. The van der Waals surface area contributed by atoms with Crippen molar-refractivity contribution in [2.75, 3.05) is 24.8 Å². The van der Waals surface area contributed by atoms with Crippen LogP contribution in [0.3, 0.4) is 0 Å². The fourth-order valence-corrected chi connectivity index (χ4v) is 3.30. The number of benzene rings is 1. The number of anilines is 1. The van der Waals surface area contributed by atoms with Gasteiger partial charge in [0, 0.05) is 25.1 Å². The van der Waals surface area contributed by atoms with Crippen molar-refractivity contribution in [1.82, 2.24) is 19.7 Å². The Morgan fingerprint density at radius 1 is 1.25 bits per heavy atom. The normalized spacial score (nSPS) is 10.8. The van der Waals surface area contributed by atoms with Crippen LogP contribution in [0.25, 0.3) is 11.4 Å². The number of carbonyl (C=O) groups is 1. The van der Waals surface area contributed by atoms with Crippen LogP contribution in [-0.4, -0.2) is 45.1 Å². The Kier molecular flexibility index (Phi) is 6.72. The third-order valence-electron chi connectivity index (χ3n) is 3.91. The van der Waals surface area contributed by atoms with Crippen molar-refractivity contribution in [3.8, 4) is 11.4 Å². The average molecular weight is 401 g/mol. The van der Waals surface area contributed by atoms with Crippen molar-refractivity contribution in [2.24, 2.45) is 0 Å². The van der Waals surface area contributed by atoms with Crippen LogP contribution in [0.5, 0.6) is 0 Å². The number of nitrogens with one attached hydrogen (secondary N) is 1. The second-order valence-electron chi connectivity index (χ2n) is 6.01. The van der Waals surface area contributed by atoms with E-state index < -0.39 is 5.82 Å². The first-order valence-electron chi connectivity index (χ1n) is 8.60.